The molecule has 3 aliphatic heterocycles. The number of nitrogens with one attached hydrogen (secondary N) is 2. The van der Waals surface area contributed by atoms with Gasteiger partial charge < -0.3 is 25.4 Å². The predicted octanol–water partition coefficient (Wildman–Crippen LogP) is 0.184. The molecule has 3 aliphatic rings. The highest BCUT2D eigenvalue weighted by Gasteiger charge is 2.77. The van der Waals surface area contributed by atoms with Crippen LogP contribution in [0.5, 0.6) is 0 Å². The van der Waals surface area contributed by atoms with E-state index in [1.165, 1.54) is 4.90 Å². The smallest absolute Gasteiger partial charge is 0.246 e. The Morgan fingerprint density at radius 2 is 2.04 bits per heavy atom. The molecule has 5 atom stereocenters. The lowest BCUT2D eigenvalue weighted by atomic mass is 9.66. The topological polar surface area (TPSA) is 108 Å². The lowest BCUT2D eigenvalue weighted by Gasteiger charge is -2.33. The molecule has 0 radical (unpaired) electrons. The maximum atomic E-state index is 13.4. The van der Waals surface area contributed by atoms with Crippen molar-refractivity contribution in [2.24, 2.45) is 11.8 Å². The number of aliphatic hydroxyl groups excluding tert-OH is 1. The molecule has 1 spiro atoms. The van der Waals surface area contributed by atoms with E-state index >= 15 is 0 Å². The van der Waals surface area contributed by atoms with Crippen LogP contribution in [0.2, 0.25) is 0 Å². The number of amides is 3. The molecule has 3 saturated heterocycles. The summed E-state index contributed by atoms with van der Waals surface area (Å²) in [6.07, 6.45) is 2.40. The maximum absolute atomic E-state index is 13.4. The first-order chi connectivity index (χ1) is 13.2. The predicted molar refractivity (Wildman–Crippen MR) is 102 cm³/mol. The number of aliphatic hydroxyl groups is 1. The lowest BCUT2D eigenvalue weighted by molar-refractivity contribution is -0.146. The number of rotatable bonds is 8. The van der Waals surface area contributed by atoms with E-state index in [4.69, 9.17) is 4.74 Å². The quantitative estimate of drug-likeness (QED) is 0.544. The first-order valence-corrected chi connectivity index (χ1v) is 10.4. The van der Waals surface area contributed by atoms with Gasteiger partial charge in [-0.15, -0.1) is 0 Å². The number of fused-ring (bicyclic) bond motifs is 1. The van der Waals surface area contributed by atoms with Crippen LogP contribution in [0.4, 0.5) is 0 Å². The third-order valence-electron chi connectivity index (χ3n) is 6.34. The molecule has 0 aromatic rings. The molecule has 0 saturated carbocycles. The van der Waals surface area contributed by atoms with Crippen LogP contribution in [-0.4, -0.2) is 70.7 Å². The summed E-state index contributed by atoms with van der Waals surface area (Å²) in [6, 6.07) is -0.847. The molecular formula is C20H33N3O5. The SMILES string of the molecule is CCCNC(=O)[C@H]1[C@H]2C(=O)N(CCCO)C(C(=O)NC(C)C)C23CC[C@]1(C)O3. The molecule has 3 rings (SSSR count). The summed E-state index contributed by atoms with van der Waals surface area (Å²) < 4.78 is 6.43. The van der Waals surface area contributed by atoms with Crippen LogP contribution in [0.25, 0.3) is 0 Å². The summed E-state index contributed by atoms with van der Waals surface area (Å²) >= 11 is 0. The number of likely N-dealkylation sites (tertiary alicyclic amines) is 1. The summed E-state index contributed by atoms with van der Waals surface area (Å²) in [5, 5.41) is 15.1. The number of ether oxygens (including phenoxy) is 1. The third-order valence-corrected chi connectivity index (χ3v) is 6.34. The first kappa shape index (κ1) is 21.0. The van der Waals surface area contributed by atoms with Gasteiger partial charge in [0.25, 0.3) is 0 Å². The summed E-state index contributed by atoms with van der Waals surface area (Å²) in [4.78, 5) is 41.0. The number of carbonyl (C=O) groups is 3. The number of hydrogen-bond acceptors (Lipinski definition) is 5. The number of carbonyl (C=O) groups excluding carboxylic acids is 3. The van der Waals surface area contributed by atoms with Crippen molar-refractivity contribution >= 4 is 17.7 Å². The molecule has 2 unspecified atom stereocenters. The number of nitrogens with zero attached hydrogens (tertiary/aromatic N) is 1. The molecule has 158 valence electrons. The summed E-state index contributed by atoms with van der Waals surface area (Å²) in [7, 11) is 0. The van der Waals surface area contributed by atoms with E-state index in [0.29, 0.717) is 25.8 Å². The normalized spacial score (nSPS) is 36.1. The zero-order valence-corrected chi connectivity index (χ0v) is 17.3. The van der Waals surface area contributed by atoms with E-state index in [9.17, 15) is 19.5 Å². The van der Waals surface area contributed by atoms with Crippen molar-refractivity contribution in [3.63, 3.8) is 0 Å². The second-order valence-corrected chi connectivity index (χ2v) is 8.79. The summed E-state index contributed by atoms with van der Waals surface area (Å²) in [5.74, 6) is -1.89. The summed E-state index contributed by atoms with van der Waals surface area (Å²) in [5.41, 5.74) is -1.72. The van der Waals surface area contributed by atoms with Gasteiger partial charge in [-0.1, -0.05) is 6.92 Å². The van der Waals surface area contributed by atoms with Crippen molar-refractivity contribution in [2.45, 2.75) is 76.7 Å². The van der Waals surface area contributed by atoms with Crippen molar-refractivity contribution in [2.75, 3.05) is 19.7 Å². The first-order valence-electron chi connectivity index (χ1n) is 10.4. The Bertz CT molecular complexity index is 654. The average molecular weight is 396 g/mol. The van der Waals surface area contributed by atoms with Crippen molar-refractivity contribution < 1.29 is 24.2 Å². The van der Waals surface area contributed by atoms with Gasteiger partial charge in [0.15, 0.2) is 0 Å². The van der Waals surface area contributed by atoms with Gasteiger partial charge in [0.05, 0.1) is 17.4 Å². The minimum absolute atomic E-state index is 0.0705. The second-order valence-electron chi connectivity index (χ2n) is 8.79. The van der Waals surface area contributed by atoms with Crippen molar-refractivity contribution in [3.8, 4) is 0 Å². The fraction of sp³-hybridized carbons (Fsp3) is 0.850. The highest BCUT2D eigenvalue weighted by molar-refractivity contribution is 5.99. The number of hydrogen-bond donors (Lipinski definition) is 3. The zero-order chi connectivity index (χ0) is 20.7. The Balaban J connectivity index is 1.99. The van der Waals surface area contributed by atoms with Crippen molar-refractivity contribution in [1.29, 1.82) is 0 Å². The van der Waals surface area contributed by atoms with Crippen LogP contribution in [0.3, 0.4) is 0 Å². The van der Waals surface area contributed by atoms with Gasteiger partial charge in [-0.2, -0.15) is 0 Å². The molecular weight excluding hydrogens is 362 g/mol. The van der Waals surface area contributed by atoms with Crippen LogP contribution in [-0.2, 0) is 19.1 Å². The van der Waals surface area contributed by atoms with Crippen molar-refractivity contribution in [1.82, 2.24) is 15.5 Å². The monoisotopic (exact) mass is 395 g/mol. The minimum Gasteiger partial charge on any atom is -0.396 e. The molecule has 3 N–H and O–H groups in total. The summed E-state index contributed by atoms with van der Waals surface area (Å²) in [6.45, 7) is 8.36. The van der Waals surface area contributed by atoms with Gasteiger partial charge >= 0.3 is 0 Å². The molecule has 28 heavy (non-hydrogen) atoms. The Labute approximate surface area is 166 Å². The molecule has 3 fully saturated rings. The fourth-order valence-electron chi connectivity index (χ4n) is 5.33. The Morgan fingerprint density at radius 1 is 1.32 bits per heavy atom. The van der Waals surface area contributed by atoms with E-state index in [0.717, 1.165) is 6.42 Å². The van der Waals surface area contributed by atoms with Crippen LogP contribution in [0, 0.1) is 11.8 Å². The zero-order valence-electron chi connectivity index (χ0n) is 17.3. The Kier molecular flexibility index (Phi) is 5.74. The second kappa shape index (κ2) is 7.63. The Hall–Kier alpha value is -1.67. The van der Waals surface area contributed by atoms with Crippen LogP contribution < -0.4 is 10.6 Å². The highest BCUT2D eigenvalue weighted by Crippen LogP contribution is 2.63. The van der Waals surface area contributed by atoms with Crippen LogP contribution >= 0.6 is 0 Å². The Morgan fingerprint density at radius 3 is 2.64 bits per heavy atom. The molecule has 0 aromatic heterocycles. The molecule has 3 heterocycles. The van der Waals surface area contributed by atoms with Gasteiger partial charge in [0, 0.05) is 25.7 Å². The van der Waals surface area contributed by atoms with Crippen LogP contribution in [0.15, 0.2) is 0 Å². The largest absolute Gasteiger partial charge is 0.396 e. The molecule has 0 aromatic carbocycles. The highest BCUT2D eigenvalue weighted by atomic mass is 16.5. The molecule has 2 bridgehead atoms. The van der Waals surface area contributed by atoms with E-state index in [1.807, 2.05) is 27.7 Å². The van der Waals surface area contributed by atoms with E-state index in [1.54, 1.807) is 0 Å². The molecule has 0 aliphatic carbocycles. The van der Waals surface area contributed by atoms with Gasteiger partial charge in [-0.05, 0) is 46.5 Å². The molecule has 8 nitrogen and oxygen atoms in total. The van der Waals surface area contributed by atoms with Gasteiger partial charge in [-0.25, -0.2) is 0 Å². The van der Waals surface area contributed by atoms with Crippen molar-refractivity contribution in [3.05, 3.63) is 0 Å². The molecule has 8 heteroatoms. The maximum Gasteiger partial charge on any atom is 0.246 e. The van der Waals surface area contributed by atoms with E-state index in [2.05, 4.69) is 10.6 Å². The van der Waals surface area contributed by atoms with Crippen LogP contribution in [0.1, 0.15) is 53.4 Å². The standard InChI is InChI=1S/C20H33N3O5/c1-5-9-21-16(25)13-14-18(27)23(10-6-11-24)15(17(26)22-12(2)3)20(14)8-7-19(13,4)28-20/h12-15,24H,5-11H2,1-4H3,(H,21,25)(H,22,26)/t13-,14+,15?,19+,20?/m1/s1. The average Bonchev–Trinajstić information content (AvgIpc) is 3.18. The van der Waals surface area contributed by atoms with E-state index < -0.39 is 29.1 Å². The lowest BCUT2D eigenvalue weighted by Crippen LogP contribution is -2.56. The fourth-order valence-corrected chi connectivity index (χ4v) is 5.33. The van der Waals surface area contributed by atoms with Gasteiger partial charge in [0.1, 0.15) is 11.6 Å². The molecule has 3 amide bonds. The van der Waals surface area contributed by atoms with Gasteiger partial charge in [0.2, 0.25) is 17.7 Å². The minimum atomic E-state index is -0.978. The third kappa shape index (κ3) is 3.10. The van der Waals surface area contributed by atoms with Gasteiger partial charge in [-0.3, -0.25) is 14.4 Å². The van der Waals surface area contributed by atoms with E-state index in [-0.39, 0.29) is 36.9 Å².